The molecule has 0 spiro atoms. The van der Waals surface area contributed by atoms with Crippen molar-refractivity contribution in [3.05, 3.63) is 33.3 Å². The molecule has 1 aromatic carbocycles. The van der Waals surface area contributed by atoms with Crippen molar-refractivity contribution in [2.75, 3.05) is 0 Å². The molecule has 1 rings (SSSR count). The molecule has 0 heterocycles. The van der Waals surface area contributed by atoms with Crippen LogP contribution >= 0.6 is 15.9 Å². The largest absolute Gasteiger partial charge is 0.480 e. The van der Waals surface area contributed by atoms with Gasteiger partial charge in [0.2, 0.25) is 5.92 Å². The van der Waals surface area contributed by atoms with Crippen LogP contribution in [-0.4, -0.2) is 27.9 Å². The Balaban J connectivity index is 3.59. The summed E-state index contributed by atoms with van der Waals surface area (Å²) in [4.78, 5) is 32.8. The molecule has 108 valence electrons. The van der Waals surface area contributed by atoms with E-state index in [0.29, 0.717) is 0 Å². The van der Waals surface area contributed by atoms with E-state index in [4.69, 9.17) is 10.2 Å². The van der Waals surface area contributed by atoms with Crippen molar-refractivity contribution < 1.29 is 42.2 Å². The highest BCUT2D eigenvalue weighted by atomic mass is 79.9. The van der Waals surface area contributed by atoms with Gasteiger partial charge in [-0.3, -0.25) is 14.4 Å². The molecule has 1 aromatic rings. The van der Waals surface area contributed by atoms with E-state index in [-0.39, 0.29) is 0 Å². The number of benzene rings is 1. The minimum absolute atomic E-state index is 1.20. The van der Waals surface area contributed by atoms with Gasteiger partial charge < -0.3 is 10.2 Å². The molecule has 0 saturated heterocycles. The van der Waals surface area contributed by atoms with Crippen LogP contribution in [0.2, 0.25) is 0 Å². The number of carboxylic acids is 2. The van der Waals surface area contributed by atoms with E-state index in [9.17, 15) is 31.9 Å². The molecule has 5 nitrogen and oxygen atoms in total. The maximum absolute atomic E-state index is 13.4. The molecule has 0 radical (unpaired) electrons. The molecule has 2 N–H and O–H groups in total. The number of halogens is 5. The van der Waals surface area contributed by atoms with Gasteiger partial charge >= 0.3 is 11.9 Å². The lowest BCUT2D eigenvalue weighted by molar-refractivity contribution is -0.151. The van der Waals surface area contributed by atoms with Crippen LogP contribution in [-0.2, 0) is 9.59 Å². The zero-order valence-corrected chi connectivity index (χ0v) is 10.7. The van der Waals surface area contributed by atoms with E-state index in [2.05, 4.69) is 15.9 Å². The Morgan fingerprint density at radius 3 is 1.65 bits per heavy atom. The van der Waals surface area contributed by atoms with Crippen molar-refractivity contribution >= 4 is 33.7 Å². The summed E-state index contributed by atoms with van der Waals surface area (Å²) >= 11 is 2.25. The molecular weight excluding hydrogens is 356 g/mol. The van der Waals surface area contributed by atoms with Gasteiger partial charge in [0.05, 0.1) is 10.0 Å². The Labute approximate surface area is 115 Å². The number of aliphatic carboxylic acids is 2. The van der Waals surface area contributed by atoms with Gasteiger partial charge in [-0.15, -0.1) is 0 Å². The lowest BCUT2D eigenvalue weighted by Crippen LogP contribution is -2.32. The molecular formula is C10H3BrF4O5. The predicted molar refractivity (Wildman–Crippen MR) is 57.1 cm³/mol. The van der Waals surface area contributed by atoms with Crippen molar-refractivity contribution in [1.82, 2.24) is 0 Å². The van der Waals surface area contributed by atoms with Crippen LogP contribution in [0.25, 0.3) is 0 Å². The predicted octanol–water partition coefficient (Wildman–Crippen LogP) is 1.97. The van der Waals surface area contributed by atoms with Crippen LogP contribution in [0.5, 0.6) is 0 Å². The van der Waals surface area contributed by atoms with Crippen LogP contribution in [0.4, 0.5) is 17.6 Å². The average molecular weight is 359 g/mol. The maximum Gasteiger partial charge on any atom is 0.325 e. The molecule has 0 saturated carbocycles. The van der Waals surface area contributed by atoms with Crippen LogP contribution in [0, 0.1) is 29.2 Å². The summed E-state index contributed by atoms with van der Waals surface area (Å²) in [6.07, 6.45) is 0. The highest BCUT2D eigenvalue weighted by Crippen LogP contribution is 2.30. The number of hydrogen-bond donors (Lipinski definition) is 2. The maximum atomic E-state index is 13.4. The topological polar surface area (TPSA) is 91.7 Å². The molecule has 0 aliphatic rings. The number of ketones is 1. The molecule has 0 amide bonds. The quantitative estimate of drug-likeness (QED) is 0.282. The fraction of sp³-hybridized carbons (Fsp3) is 0.100. The van der Waals surface area contributed by atoms with Gasteiger partial charge in [0, 0.05) is 0 Å². The molecule has 0 atom stereocenters. The van der Waals surface area contributed by atoms with Crippen molar-refractivity contribution in [3.8, 4) is 0 Å². The highest BCUT2D eigenvalue weighted by Gasteiger charge is 2.39. The summed E-state index contributed by atoms with van der Waals surface area (Å²) in [6, 6.07) is 0. The van der Waals surface area contributed by atoms with Crippen LogP contribution in [0.3, 0.4) is 0 Å². The van der Waals surface area contributed by atoms with E-state index in [0.717, 1.165) is 0 Å². The number of carboxylic acid groups (broad SMARTS) is 2. The Bertz CT molecular complexity index is 588. The second kappa shape index (κ2) is 5.57. The highest BCUT2D eigenvalue weighted by molar-refractivity contribution is 9.10. The van der Waals surface area contributed by atoms with Gasteiger partial charge in [-0.2, -0.15) is 0 Å². The number of Topliss-reactive ketones (excluding diaryl/α,β-unsaturated/α-hetero) is 1. The number of hydrogen-bond acceptors (Lipinski definition) is 3. The summed E-state index contributed by atoms with van der Waals surface area (Å²) in [7, 11) is 0. The lowest BCUT2D eigenvalue weighted by Gasteiger charge is -2.11. The van der Waals surface area contributed by atoms with Crippen molar-refractivity contribution in [1.29, 1.82) is 0 Å². The van der Waals surface area contributed by atoms with Crippen molar-refractivity contribution in [2.24, 2.45) is 5.92 Å². The SMILES string of the molecule is O=C(O)C(C(=O)O)C(=O)c1c(F)c(F)c(F)c(F)c1Br. The first-order valence-corrected chi connectivity index (χ1v) is 5.41. The molecule has 0 fully saturated rings. The van der Waals surface area contributed by atoms with E-state index in [1.807, 2.05) is 0 Å². The Kier molecular flexibility index (Phi) is 4.48. The van der Waals surface area contributed by atoms with Crippen LogP contribution in [0.1, 0.15) is 10.4 Å². The fourth-order valence-corrected chi connectivity index (χ4v) is 1.84. The Hall–Kier alpha value is -1.97. The fourth-order valence-electron chi connectivity index (χ4n) is 1.30. The standard InChI is InChI=1S/C10H3BrF4O5/c11-3-1(4(12)6(14)7(15)5(3)13)8(16)2(9(17)18)10(19)20/h2H,(H,17,18)(H,19,20). The molecule has 0 aliphatic heterocycles. The van der Waals surface area contributed by atoms with E-state index in [1.54, 1.807) is 0 Å². The van der Waals surface area contributed by atoms with Crippen LogP contribution < -0.4 is 0 Å². The normalized spacial score (nSPS) is 10.7. The van der Waals surface area contributed by atoms with E-state index >= 15 is 0 Å². The van der Waals surface area contributed by atoms with Crippen molar-refractivity contribution in [3.63, 3.8) is 0 Å². The summed E-state index contributed by atoms with van der Waals surface area (Å²) in [5.41, 5.74) is -1.53. The third-order valence-electron chi connectivity index (χ3n) is 2.21. The summed E-state index contributed by atoms with van der Waals surface area (Å²) < 4.78 is 51.3. The Morgan fingerprint density at radius 2 is 1.25 bits per heavy atom. The summed E-state index contributed by atoms with van der Waals surface area (Å²) in [5.74, 6) is -17.8. The minimum Gasteiger partial charge on any atom is -0.480 e. The first kappa shape index (κ1) is 16.1. The minimum atomic E-state index is -2.79. The first-order valence-electron chi connectivity index (χ1n) is 4.62. The average Bonchev–Trinajstić information content (AvgIpc) is 2.33. The third-order valence-corrected chi connectivity index (χ3v) is 2.96. The van der Waals surface area contributed by atoms with E-state index < -0.39 is 56.9 Å². The van der Waals surface area contributed by atoms with E-state index in [1.165, 1.54) is 0 Å². The van der Waals surface area contributed by atoms with Gasteiger partial charge in [-0.1, -0.05) is 0 Å². The van der Waals surface area contributed by atoms with Crippen LogP contribution in [0.15, 0.2) is 4.47 Å². The molecule has 0 aromatic heterocycles. The van der Waals surface area contributed by atoms with Gasteiger partial charge in [0.1, 0.15) is 0 Å². The monoisotopic (exact) mass is 358 g/mol. The summed E-state index contributed by atoms with van der Waals surface area (Å²) in [6.45, 7) is 0. The second-order valence-corrected chi connectivity index (χ2v) is 4.21. The summed E-state index contributed by atoms with van der Waals surface area (Å²) in [5, 5.41) is 17.1. The zero-order chi connectivity index (χ0) is 15.8. The first-order chi connectivity index (χ1) is 9.11. The number of carbonyl (C=O) groups is 3. The van der Waals surface area contributed by atoms with Gasteiger partial charge in [0.25, 0.3) is 0 Å². The molecule has 20 heavy (non-hydrogen) atoms. The smallest absolute Gasteiger partial charge is 0.325 e. The number of rotatable bonds is 4. The molecule has 0 aliphatic carbocycles. The van der Waals surface area contributed by atoms with Gasteiger partial charge in [0.15, 0.2) is 29.1 Å². The third kappa shape index (κ3) is 2.50. The van der Waals surface area contributed by atoms with Gasteiger partial charge in [-0.25, -0.2) is 17.6 Å². The molecule has 0 bridgehead atoms. The molecule has 10 heteroatoms. The second-order valence-electron chi connectivity index (χ2n) is 3.42. The zero-order valence-electron chi connectivity index (χ0n) is 9.09. The lowest BCUT2D eigenvalue weighted by atomic mass is 9.97. The van der Waals surface area contributed by atoms with Gasteiger partial charge in [-0.05, 0) is 15.9 Å². The number of carbonyl (C=O) groups excluding carboxylic acids is 1. The van der Waals surface area contributed by atoms with Crippen molar-refractivity contribution in [2.45, 2.75) is 0 Å². The molecule has 0 unspecified atom stereocenters. The Morgan fingerprint density at radius 1 is 0.850 bits per heavy atom.